The van der Waals surface area contributed by atoms with Crippen LogP contribution in [0, 0.1) is 0 Å². The Hall–Kier alpha value is -1.84. The largest absolute Gasteiger partial charge is 0.322 e. The molecule has 2 nitrogen and oxygen atoms in total. The Labute approximate surface area is 135 Å². The van der Waals surface area contributed by atoms with Crippen molar-refractivity contribution < 1.29 is 4.79 Å². The molecule has 4 heteroatoms. The van der Waals surface area contributed by atoms with Crippen molar-refractivity contribution in [2.24, 2.45) is 0 Å². The Bertz CT molecular complexity index is 832. The maximum Gasteiger partial charge on any atom is 0.256 e. The molecule has 0 bridgehead atoms. The van der Waals surface area contributed by atoms with Gasteiger partial charge in [0.15, 0.2) is 0 Å². The van der Waals surface area contributed by atoms with Gasteiger partial charge in [-0.1, -0.05) is 57.9 Å². The molecule has 21 heavy (non-hydrogen) atoms. The van der Waals surface area contributed by atoms with Crippen molar-refractivity contribution in [1.82, 2.24) is 0 Å². The van der Waals surface area contributed by atoms with E-state index < -0.39 is 0 Å². The molecule has 1 amide bonds. The van der Waals surface area contributed by atoms with Crippen LogP contribution in [0.15, 0.2) is 65.1 Å². The molecule has 0 unspecified atom stereocenters. The van der Waals surface area contributed by atoms with Crippen LogP contribution in [0.4, 0.5) is 5.69 Å². The topological polar surface area (TPSA) is 29.1 Å². The van der Waals surface area contributed by atoms with Crippen LogP contribution in [-0.2, 0) is 0 Å². The van der Waals surface area contributed by atoms with Crippen molar-refractivity contribution in [3.05, 3.63) is 75.7 Å². The molecule has 3 rings (SSSR count). The number of nitrogens with one attached hydrogen (secondary N) is 1. The highest BCUT2D eigenvalue weighted by Crippen LogP contribution is 2.27. The Morgan fingerprint density at radius 2 is 1.67 bits per heavy atom. The quantitative estimate of drug-likeness (QED) is 0.641. The van der Waals surface area contributed by atoms with Gasteiger partial charge in [-0.2, -0.15) is 0 Å². The summed E-state index contributed by atoms with van der Waals surface area (Å²) >= 11 is 9.44. The predicted molar refractivity (Wildman–Crippen MR) is 91.1 cm³/mol. The van der Waals surface area contributed by atoms with Gasteiger partial charge in [-0.25, -0.2) is 0 Å². The minimum atomic E-state index is -0.152. The van der Waals surface area contributed by atoms with Gasteiger partial charge >= 0.3 is 0 Å². The highest BCUT2D eigenvalue weighted by Gasteiger charge is 2.11. The standard InChI is InChI=1S/C17H11BrClNO/c18-16-9-3-6-13-14(16)7-2-8-15(13)17(21)20-12-5-1-4-11(19)10-12/h1-10H,(H,20,21). The third-order valence-electron chi connectivity index (χ3n) is 3.20. The normalized spacial score (nSPS) is 10.6. The zero-order chi connectivity index (χ0) is 14.8. The average molecular weight is 361 g/mol. The summed E-state index contributed by atoms with van der Waals surface area (Å²) in [7, 11) is 0. The first-order valence-electron chi connectivity index (χ1n) is 6.39. The van der Waals surface area contributed by atoms with Gasteiger partial charge in [0.1, 0.15) is 0 Å². The lowest BCUT2D eigenvalue weighted by Crippen LogP contribution is -2.12. The smallest absolute Gasteiger partial charge is 0.256 e. The second-order valence-corrected chi connectivity index (χ2v) is 5.90. The van der Waals surface area contributed by atoms with Crippen LogP contribution >= 0.6 is 27.5 Å². The summed E-state index contributed by atoms with van der Waals surface area (Å²) in [4.78, 5) is 12.5. The fraction of sp³-hybridized carbons (Fsp3) is 0. The molecular formula is C17H11BrClNO. The summed E-state index contributed by atoms with van der Waals surface area (Å²) in [6, 6.07) is 18.6. The second-order valence-electron chi connectivity index (χ2n) is 4.61. The molecule has 0 radical (unpaired) electrons. The van der Waals surface area contributed by atoms with Crippen LogP contribution in [0.2, 0.25) is 5.02 Å². The maximum atomic E-state index is 12.5. The number of benzene rings is 3. The lowest BCUT2D eigenvalue weighted by molar-refractivity contribution is 0.102. The monoisotopic (exact) mass is 359 g/mol. The lowest BCUT2D eigenvalue weighted by atomic mass is 10.0. The highest BCUT2D eigenvalue weighted by molar-refractivity contribution is 9.10. The molecule has 0 saturated heterocycles. The first-order valence-corrected chi connectivity index (χ1v) is 7.56. The Balaban J connectivity index is 2.00. The SMILES string of the molecule is O=C(Nc1cccc(Cl)c1)c1cccc2c(Br)cccc12. The molecule has 3 aromatic carbocycles. The van der Waals surface area contributed by atoms with Gasteiger partial charge in [-0.15, -0.1) is 0 Å². The Morgan fingerprint density at radius 1 is 0.952 bits per heavy atom. The number of fused-ring (bicyclic) bond motifs is 1. The van der Waals surface area contributed by atoms with Crippen molar-refractivity contribution in [2.45, 2.75) is 0 Å². The van der Waals surface area contributed by atoms with Crippen molar-refractivity contribution in [3.8, 4) is 0 Å². The average Bonchev–Trinajstić information content (AvgIpc) is 2.47. The van der Waals surface area contributed by atoms with Gasteiger partial charge in [0.25, 0.3) is 5.91 Å². The minimum absolute atomic E-state index is 0.152. The van der Waals surface area contributed by atoms with E-state index >= 15 is 0 Å². The van der Waals surface area contributed by atoms with E-state index in [0.717, 1.165) is 15.2 Å². The molecule has 0 heterocycles. The van der Waals surface area contributed by atoms with Gasteiger partial charge in [-0.05, 0) is 41.1 Å². The van der Waals surface area contributed by atoms with Gasteiger partial charge < -0.3 is 5.32 Å². The second kappa shape index (κ2) is 5.88. The zero-order valence-corrected chi connectivity index (χ0v) is 13.3. The number of halogens is 2. The molecule has 0 aromatic heterocycles. The van der Waals surface area contributed by atoms with Crippen LogP contribution in [0.1, 0.15) is 10.4 Å². The van der Waals surface area contributed by atoms with Gasteiger partial charge in [0.05, 0.1) is 0 Å². The summed E-state index contributed by atoms with van der Waals surface area (Å²) in [5.41, 5.74) is 1.31. The van der Waals surface area contributed by atoms with E-state index in [1.54, 1.807) is 18.2 Å². The van der Waals surface area contributed by atoms with E-state index in [0.29, 0.717) is 16.3 Å². The molecule has 0 atom stereocenters. The molecule has 0 aliphatic carbocycles. The van der Waals surface area contributed by atoms with Crippen LogP contribution in [0.25, 0.3) is 10.8 Å². The van der Waals surface area contributed by atoms with Crippen LogP contribution in [0.3, 0.4) is 0 Å². The Morgan fingerprint density at radius 3 is 2.48 bits per heavy atom. The highest BCUT2D eigenvalue weighted by atomic mass is 79.9. The first kappa shape index (κ1) is 14.1. The third kappa shape index (κ3) is 2.94. The maximum absolute atomic E-state index is 12.5. The minimum Gasteiger partial charge on any atom is -0.322 e. The van der Waals surface area contributed by atoms with Crippen molar-refractivity contribution in [2.75, 3.05) is 5.32 Å². The molecule has 0 aliphatic rings. The summed E-state index contributed by atoms with van der Waals surface area (Å²) < 4.78 is 0.970. The number of carbonyl (C=O) groups excluding carboxylic acids is 1. The molecular weight excluding hydrogens is 350 g/mol. The van der Waals surface area contributed by atoms with Crippen molar-refractivity contribution in [3.63, 3.8) is 0 Å². The molecule has 104 valence electrons. The van der Waals surface area contributed by atoms with Gasteiger partial charge in [0.2, 0.25) is 0 Å². The Kier molecular flexibility index (Phi) is 3.95. The summed E-state index contributed by atoms with van der Waals surface area (Å²) in [6.07, 6.45) is 0. The van der Waals surface area contributed by atoms with Crippen molar-refractivity contribution in [1.29, 1.82) is 0 Å². The lowest BCUT2D eigenvalue weighted by Gasteiger charge is -2.09. The van der Waals surface area contributed by atoms with E-state index in [2.05, 4.69) is 21.2 Å². The third-order valence-corrected chi connectivity index (χ3v) is 4.12. The van der Waals surface area contributed by atoms with E-state index in [1.807, 2.05) is 42.5 Å². The predicted octanol–water partition coefficient (Wildman–Crippen LogP) is 5.51. The van der Waals surface area contributed by atoms with E-state index in [-0.39, 0.29) is 5.91 Å². The first-order chi connectivity index (χ1) is 10.1. The molecule has 0 aliphatic heterocycles. The van der Waals surface area contributed by atoms with Gasteiger partial charge in [0, 0.05) is 20.7 Å². The number of anilines is 1. The fourth-order valence-electron chi connectivity index (χ4n) is 2.23. The molecule has 0 spiro atoms. The van der Waals surface area contributed by atoms with E-state index in [4.69, 9.17) is 11.6 Å². The number of rotatable bonds is 2. The van der Waals surface area contributed by atoms with E-state index in [9.17, 15) is 4.79 Å². The molecule has 1 N–H and O–H groups in total. The number of carbonyl (C=O) groups is 1. The zero-order valence-electron chi connectivity index (χ0n) is 10.9. The van der Waals surface area contributed by atoms with E-state index in [1.165, 1.54) is 0 Å². The molecule has 0 fully saturated rings. The summed E-state index contributed by atoms with van der Waals surface area (Å²) in [5, 5.41) is 5.38. The van der Waals surface area contributed by atoms with Crippen LogP contribution < -0.4 is 5.32 Å². The van der Waals surface area contributed by atoms with Gasteiger partial charge in [-0.3, -0.25) is 4.79 Å². The molecule has 3 aromatic rings. The summed E-state index contributed by atoms with van der Waals surface area (Å²) in [6.45, 7) is 0. The fourth-order valence-corrected chi connectivity index (χ4v) is 2.92. The van der Waals surface area contributed by atoms with Crippen LogP contribution in [0.5, 0.6) is 0 Å². The van der Waals surface area contributed by atoms with Crippen molar-refractivity contribution >= 4 is 49.9 Å². The van der Waals surface area contributed by atoms with Crippen LogP contribution in [-0.4, -0.2) is 5.91 Å². The molecule has 0 saturated carbocycles. The number of hydrogen-bond donors (Lipinski definition) is 1. The summed E-state index contributed by atoms with van der Waals surface area (Å²) in [5.74, 6) is -0.152. The number of amides is 1. The number of hydrogen-bond acceptors (Lipinski definition) is 1.